The van der Waals surface area contributed by atoms with Gasteiger partial charge >= 0.3 is 29.6 Å². The van der Waals surface area contributed by atoms with E-state index in [-0.39, 0.29) is 29.6 Å². The van der Waals surface area contributed by atoms with E-state index in [2.05, 4.69) is 13.5 Å². The summed E-state index contributed by atoms with van der Waals surface area (Å²) < 4.78 is 0. The standard InChI is InChI=1S/C4H7.Na.H/c1-3-4-2;;/h3H,1-2,4H2;;. The van der Waals surface area contributed by atoms with Gasteiger partial charge in [0.25, 0.3) is 0 Å². The zero-order valence-electron chi connectivity index (χ0n) is 2.70. The Labute approximate surface area is 55.6 Å². The van der Waals surface area contributed by atoms with Gasteiger partial charge in [0.05, 0.1) is 0 Å². The molecule has 0 aromatic carbocycles. The molecule has 0 saturated heterocycles. The molecule has 0 rings (SSSR count). The molecule has 0 amide bonds. The summed E-state index contributed by atoms with van der Waals surface area (Å²) in [5.74, 6) is 0. The van der Waals surface area contributed by atoms with Crippen LogP contribution in [0.2, 0.25) is 0 Å². The first-order valence-electron chi connectivity index (χ1n) is 1.32. The van der Waals surface area contributed by atoms with Crippen molar-refractivity contribution in [2.24, 2.45) is 0 Å². The van der Waals surface area contributed by atoms with E-state index < -0.39 is 0 Å². The molecule has 1 heteroatoms. The van der Waals surface area contributed by atoms with Crippen molar-refractivity contribution in [1.82, 2.24) is 0 Å². The molecule has 0 N–H and O–H groups in total. The Morgan fingerprint density at radius 3 is 1.80 bits per heavy atom. The molecule has 25 valence electrons. The van der Waals surface area contributed by atoms with Gasteiger partial charge < -0.3 is 0 Å². The molecule has 0 aromatic heterocycles. The minimum atomic E-state index is 0. The molecule has 0 aliphatic carbocycles. The van der Waals surface area contributed by atoms with Gasteiger partial charge in [-0.25, -0.2) is 0 Å². The Bertz CT molecular complexity index is 17.6. The van der Waals surface area contributed by atoms with Crippen LogP contribution in [0.3, 0.4) is 0 Å². The minimum absolute atomic E-state index is 0. The summed E-state index contributed by atoms with van der Waals surface area (Å²) in [4.78, 5) is 0. The zero-order valence-corrected chi connectivity index (χ0v) is 2.70. The molecular weight excluding hydrogens is 71.0 g/mol. The molecule has 0 aliphatic heterocycles. The molecule has 0 atom stereocenters. The number of allylic oxidation sites excluding steroid dienone is 1. The Balaban J connectivity index is 0. The monoisotopic (exact) mass is 79.1 g/mol. The molecule has 5 heavy (non-hydrogen) atoms. The Kier molecular flexibility index (Phi) is 16.3. The maximum atomic E-state index is 3.49. The predicted octanol–water partition coefficient (Wildman–Crippen LogP) is 0.748. The van der Waals surface area contributed by atoms with Crippen LogP contribution in [-0.4, -0.2) is 29.6 Å². The van der Waals surface area contributed by atoms with E-state index in [1.54, 1.807) is 6.08 Å². The number of hydrogen-bond acceptors (Lipinski definition) is 0. The predicted molar refractivity (Wildman–Crippen MR) is 27.3 cm³/mol. The molecule has 0 heterocycles. The molecule has 0 spiro atoms. The topological polar surface area (TPSA) is 0 Å². The van der Waals surface area contributed by atoms with Crippen LogP contribution in [0.15, 0.2) is 12.7 Å². The normalized spacial score (nSPS) is 5.00. The first-order valence-corrected chi connectivity index (χ1v) is 1.32. The van der Waals surface area contributed by atoms with Gasteiger partial charge in [0.15, 0.2) is 0 Å². The fourth-order valence-electron chi connectivity index (χ4n) is 0. The second kappa shape index (κ2) is 8.83. The van der Waals surface area contributed by atoms with Gasteiger partial charge in [-0.05, 0) is 13.3 Å². The third kappa shape index (κ3) is 11.8. The maximum absolute atomic E-state index is 3.49. The Hall–Kier alpha value is 0.740. The fraction of sp³-hybridized carbons (Fsp3) is 0.250. The van der Waals surface area contributed by atoms with E-state index in [0.717, 1.165) is 6.42 Å². The fourth-order valence-corrected chi connectivity index (χ4v) is 0. The first-order chi connectivity index (χ1) is 1.91. The third-order valence-electron chi connectivity index (χ3n) is 0.204. The first kappa shape index (κ1) is 9.22. The average Bonchev–Trinajstić information content (AvgIpc) is 1.37. The van der Waals surface area contributed by atoms with Crippen LogP contribution in [-0.2, 0) is 0 Å². The molecule has 0 bridgehead atoms. The molecule has 0 aromatic rings. The summed E-state index contributed by atoms with van der Waals surface area (Å²) in [5.41, 5.74) is 0. The van der Waals surface area contributed by atoms with Gasteiger partial charge in [0, 0.05) is 0 Å². The van der Waals surface area contributed by atoms with Crippen LogP contribution in [0.1, 0.15) is 6.42 Å². The van der Waals surface area contributed by atoms with Crippen molar-refractivity contribution >= 4 is 29.6 Å². The molecular formula is C4H8Na. The average molecular weight is 79.1 g/mol. The summed E-state index contributed by atoms with van der Waals surface area (Å²) in [7, 11) is 0. The van der Waals surface area contributed by atoms with Crippen LogP contribution in [0.25, 0.3) is 0 Å². The summed E-state index contributed by atoms with van der Waals surface area (Å²) in [5, 5.41) is 0. The molecule has 1 radical (unpaired) electrons. The second-order valence-corrected chi connectivity index (χ2v) is 0.577. The van der Waals surface area contributed by atoms with E-state index in [1.165, 1.54) is 0 Å². The van der Waals surface area contributed by atoms with Crippen LogP contribution in [0.5, 0.6) is 0 Å². The quantitative estimate of drug-likeness (QED) is 0.321. The van der Waals surface area contributed by atoms with Crippen molar-refractivity contribution in [2.45, 2.75) is 6.42 Å². The van der Waals surface area contributed by atoms with Crippen molar-refractivity contribution in [3.8, 4) is 0 Å². The van der Waals surface area contributed by atoms with Crippen LogP contribution >= 0.6 is 0 Å². The van der Waals surface area contributed by atoms with E-state index >= 15 is 0 Å². The van der Waals surface area contributed by atoms with Crippen molar-refractivity contribution in [1.29, 1.82) is 0 Å². The SMILES string of the molecule is [CH2]CC=C.[NaH]. The Morgan fingerprint density at radius 2 is 1.80 bits per heavy atom. The number of hydrogen-bond donors (Lipinski definition) is 0. The number of rotatable bonds is 1. The molecule has 0 saturated carbocycles. The van der Waals surface area contributed by atoms with E-state index in [1.807, 2.05) is 0 Å². The summed E-state index contributed by atoms with van der Waals surface area (Å²) in [6, 6.07) is 0. The zero-order chi connectivity index (χ0) is 3.41. The van der Waals surface area contributed by atoms with Crippen molar-refractivity contribution in [2.75, 3.05) is 0 Å². The summed E-state index contributed by atoms with van der Waals surface area (Å²) >= 11 is 0. The van der Waals surface area contributed by atoms with Crippen molar-refractivity contribution in [3.63, 3.8) is 0 Å². The van der Waals surface area contributed by atoms with Crippen LogP contribution in [0.4, 0.5) is 0 Å². The molecule has 0 nitrogen and oxygen atoms in total. The van der Waals surface area contributed by atoms with E-state index in [9.17, 15) is 0 Å². The van der Waals surface area contributed by atoms with Gasteiger partial charge in [0.2, 0.25) is 0 Å². The van der Waals surface area contributed by atoms with Gasteiger partial charge in [-0.1, -0.05) is 6.08 Å². The third-order valence-corrected chi connectivity index (χ3v) is 0.204. The van der Waals surface area contributed by atoms with Crippen molar-refractivity contribution < 1.29 is 0 Å². The van der Waals surface area contributed by atoms with Gasteiger partial charge in [-0.3, -0.25) is 0 Å². The second-order valence-electron chi connectivity index (χ2n) is 0.577. The van der Waals surface area contributed by atoms with Crippen LogP contribution < -0.4 is 0 Å². The molecule has 0 fully saturated rings. The summed E-state index contributed by atoms with van der Waals surface area (Å²) in [6.45, 7) is 6.90. The van der Waals surface area contributed by atoms with Gasteiger partial charge in [-0.15, -0.1) is 6.58 Å². The van der Waals surface area contributed by atoms with E-state index in [0.29, 0.717) is 0 Å². The molecule has 0 aliphatic rings. The van der Waals surface area contributed by atoms with Crippen LogP contribution in [0, 0.1) is 6.92 Å². The van der Waals surface area contributed by atoms with Crippen molar-refractivity contribution in [3.05, 3.63) is 19.6 Å². The Morgan fingerprint density at radius 1 is 1.60 bits per heavy atom. The summed E-state index contributed by atoms with van der Waals surface area (Å²) in [6.07, 6.45) is 2.60. The molecule has 0 unspecified atom stereocenters. The van der Waals surface area contributed by atoms with E-state index in [4.69, 9.17) is 0 Å². The van der Waals surface area contributed by atoms with Gasteiger partial charge in [-0.2, -0.15) is 0 Å². The van der Waals surface area contributed by atoms with Gasteiger partial charge in [0.1, 0.15) is 0 Å².